The molecule has 0 saturated carbocycles. The van der Waals surface area contributed by atoms with Crippen LogP contribution >= 0.6 is 0 Å². The highest BCUT2D eigenvalue weighted by Crippen LogP contribution is 2.48. The Hall–Kier alpha value is -1.71. The van der Waals surface area contributed by atoms with Gasteiger partial charge in [0.25, 0.3) is 0 Å². The predicted molar refractivity (Wildman–Crippen MR) is 79.2 cm³/mol. The summed E-state index contributed by atoms with van der Waals surface area (Å²) in [6.07, 6.45) is 3.71. The molecule has 4 heteroatoms. The van der Waals surface area contributed by atoms with E-state index in [1.54, 1.807) is 12.1 Å². The smallest absolute Gasteiger partial charge is 0.234 e. The van der Waals surface area contributed by atoms with Crippen LogP contribution in [-0.4, -0.2) is 11.8 Å². The van der Waals surface area contributed by atoms with E-state index in [1.165, 1.54) is 12.1 Å². The number of carbonyl (C=O) groups is 2. The molecule has 2 rings (SSSR count). The highest BCUT2D eigenvalue weighted by molar-refractivity contribution is 6.02. The summed E-state index contributed by atoms with van der Waals surface area (Å²) in [6.45, 7) is 4.11. The summed E-state index contributed by atoms with van der Waals surface area (Å²) in [6, 6.07) is 6.19. The molecule has 1 heterocycles. The minimum absolute atomic E-state index is 0.213. The molecule has 0 radical (unpaired) electrons. The number of hydrogen-bond donors (Lipinski definition) is 1. The quantitative estimate of drug-likeness (QED) is 0.843. The first-order chi connectivity index (χ1) is 10.0. The van der Waals surface area contributed by atoms with E-state index in [0.717, 1.165) is 25.7 Å². The molecule has 2 amide bonds. The number of rotatable bonds is 5. The van der Waals surface area contributed by atoms with Crippen molar-refractivity contribution < 1.29 is 14.0 Å². The number of imide groups is 1. The first-order valence-corrected chi connectivity index (χ1v) is 7.61. The molecule has 1 fully saturated rings. The van der Waals surface area contributed by atoms with Crippen LogP contribution in [0.1, 0.15) is 57.4 Å². The molecular formula is C17H22FNO2. The lowest BCUT2D eigenvalue weighted by atomic mass is 9.62. The summed E-state index contributed by atoms with van der Waals surface area (Å²) < 4.78 is 13.6. The molecule has 1 aliphatic heterocycles. The lowest BCUT2D eigenvalue weighted by Crippen LogP contribution is -2.50. The molecule has 1 saturated heterocycles. The Bertz CT molecular complexity index is 535. The molecule has 0 aliphatic carbocycles. The van der Waals surface area contributed by atoms with E-state index in [0.29, 0.717) is 12.0 Å². The maximum Gasteiger partial charge on any atom is 0.234 e. The van der Waals surface area contributed by atoms with Gasteiger partial charge in [-0.05, 0) is 36.0 Å². The number of piperidine rings is 1. The molecule has 1 aromatic carbocycles. The van der Waals surface area contributed by atoms with Gasteiger partial charge in [-0.25, -0.2) is 4.39 Å². The van der Waals surface area contributed by atoms with E-state index in [2.05, 4.69) is 19.2 Å². The highest BCUT2D eigenvalue weighted by Gasteiger charge is 2.47. The van der Waals surface area contributed by atoms with Crippen LogP contribution in [0.15, 0.2) is 24.3 Å². The topological polar surface area (TPSA) is 46.2 Å². The predicted octanol–water partition coefficient (Wildman–Crippen LogP) is 3.54. The fraction of sp³-hybridized carbons (Fsp3) is 0.529. The molecule has 1 atom stereocenters. The molecule has 1 aromatic rings. The van der Waals surface area contributed by atoms with E-state index in [-0.39, 0.29) is 17.6 Å². The van der Waals surface area contributed by atoms with E-state index in [4.69, 9.17) is 0 Å². The maximum absolute atomic E-state index is 13.6. The van der Waals surface area contributed by atoms with Crippen LogP contribution in [0, 0.1) is 11.2 Å². The van der Waals surface area contributed by atoms with E-state index < -0.39 is 11.3 Å². The fourth-order valence-corrected chi connectivity index (χ4v) is 3.73. The normalized spacial score (nSPS) is 21.2. The number of nitrogens with one attached hydrogen (secondary N) is 1. The zero-order chi connectivity index (χ0) is 15.5. The first kappa shape index (κ1) is 15.7. The van der Waals surface area contributed by atoms with Gasteiger partial charge in [0.1, 0.15) is 5.82 Å². The van der Waals surface area contributed by atoms with Crippen molar-refractivity contribution >= 4 is 11.8 Å². The zero-order valence-corrected chi connectivity index (χ0v) is 12.6. The SMILES string of the molecule is CCCC1(CCC)CC(=O)NC(=O)C1c1cccc(F)c1. The maximum atomic E-state index is 13.6. The van der Waals surface area contributed by atoms with E-state index >= 15 is 0 Å². The van der Waals surface area contributed by atoms with Crippen LogP contribution in [-0.2, 0) is 9.59 Å². The van der Waals surface area contributed by atoms with Gasteiger partial charge in [0.15, 0.2) is 0 Å². The third-order valence-electron chi connectivity index (χ3n) is 4.33. The minimum atomic E-state index is -0.453. The Labute approximate surface area is 124 Å². The Morgan fingerprint density at radius 3 is 2.48 bits per heavy atom. The third-order valence-corrected chi connectivity index (χ3v) is 4.33. The van der Waals surface area contributed by atoms with Crippen molar-refractivity contribution in [3.8, 4) is 0 Å². The summed E-state index contributed by atoms with van der Waals surface area (Å²) in [7, 11) is 0. The van der Waals surface area contributed by atoms with Gasteiger partial charge in [-0.2, -0.15) is 0 Å². The fourth-order valence-electron chi connectivity index (χ4n) is 3.73. The summed E-state index contributed by atoms with van der Waals surface area (Å²) in [5.74, 6) is -1.31. The number of amides is 2. The van der Waals surface area contributed by atoms with Gasteiger partial charge in [0.2, 0.25) is 11.8 Å². The van der Waals surface area contributed by atoms with Gasteiger partial charge in [-0.1, -0.05) is 38.8 Å². The third kappa shape index (κ3) is 3.14. The van der Waals surface area contributed by atoms with E-state index in [1.807, 2.05) is 0 Å². The highest BCUT2D eigenvalue weighted by atomic mass is 19.1. The molecule has 0 aromatic heterocycles. The molecule has 3 nitrogen and oxygen atoms in total. The molecule has 1 aliphatic rings. The second kappa shape index (κ2) is 6.37. The van der Waals surface area contributed by atoms with Crippen LogP contribution < -0.4 is 5.32 Å². The Balaban J connectivity index is 2.49. The summed E-state index contributed by atoms with van der Waals surface area (Å²) >= 11 is 0. The van der Waals surface area contributed by atoms with Crippen molar-refractivity contribution in [3.05, 3.63) is 35.6 Å². The Kier molecular flexibility index (Phi) is 4.76. The largest absolute Gasteiger partial charge is 0.296 e. The average Bonchev–Trinajstić information content (AvgIpc) is 2.38. The van der Waals surface area contributed by atoms with Crippen molar-refractivity contribution in [1.29, 1.82) is 0 Å². The standard InChI is InChI=1S/C17H22FNO2/c1-3-8-17(9-4-2)11-14(20)19-16(21)15(17)12-6-5-7-13(18)10-12/h5-7,10,15H,3-4,8-9,11H2,1-2H3,(H,19,20,21). The van der Waals surface area contributed by atoms with Gasteiger partial charge < -0.3 is 0 Å². The number of benzene rings is 1. The summed E-state index contributed by atoms with van der Waals surface area (Å²) in [5, 5.41) is 2.42. The minimum Gasteiger partial charge on any atom is -0.296 e. The number of carbonyl (C=O) groups excluding carboxylic acids is 2. The van der Waals surface area contributed by atoms with E-state index in [9.17, 15) is 14.0 Å². The second-order valence-electron chi connectivity index (χ2n) is 5.94. The number of halogens is 1. The van der Waals surface area contributed by atoms with Crippen LogP contribution in [0.25, 0.3) is 0 Å². The summed E-state index contributed by atoms with van der Waals surface area (Å²) in [5.41, 5.74) is 0.276. The van der Waals surface area contributed by atoms with Crippen LogP contribution in [0.2, 0.25) is 0 Å². The first-order valence-electron chi connectivity index (χ1n) is 7.61. The molecule has 21 heavy (non-hydrogen) atoms. The van der Waals surface area contributed by atoms with Gasteiger partial charge in [0.05, 0.1) is 5.92 Å². The molecule has 1 unspecified atom stereocenters. The van der Waals surface area contributed by atoms with Crippen molar-refractivity contribution in [1.82, 2.24) is 5.32 Å². The van der Waals surface area contributed by atoms with Gasteiger partial charge >= 0.3 is 0 Å². The van der Waals surface area contributed by atoms with Crippen LogP contribution in [0.5, 0.6) is 0 Å². The van der Waals surface area contributed by atoms with Gasteiger partial charge in [0, 0.05) is 6.42 Å². The lowest BCUT2D eigenvalue weighted by molar-refractivity contribution is -0.140. The molecular weight excluding hydrogens is 269 g/mol. The number of hydrogen-bond acceptors (Lipinski definition) is 2. The zero-order valence-electron chi connectivity index (χ0n) is 12.6. The van der Waals surface area contributed by atoms with Crippen LogP contribution in [0.3, 0.4) is 0 Å². The second-order valence-corrected chi connectivity index (χ2v) is 5.94. The molecule has 114 valence electrons. The Morgan fingerprint density at radius 2 is 1.90 bits per heavy atom. The van der Waals surface area contributed by atoms with Crippen molar-refractivity contribution in [2.75, 3.05) is 0 Å². The monoisotopic (exact) mass is 291 g/mol. The van der Waals surface area contributed by atoms with Gasteiger partial charge in [-0.15, -0.1) is 0 Å². The molecule has 0 spiro atoms. The lowest BCUT2D eigenvalue weighted by Gasteiger charge is -2.43. The molecule has 0 bridgehead atoms. The van der Waals surface area contributed by atoms with Crippen molar-refractivity contribution in [2.45, 2.75) is 51.9 Å². The molecule has 1 N–H and O–H groups in total. The average molecular weight is 291 g/mol. The van der Waals surface area contributed by atoms with Crippen molar-refractivity contribution in [2.24, 2.45) is 5.41 Å². The Morgan fingerprint density at radius 1 is 1.24 bits per heavy atom. The van der Waals surface area contributed by atoms with Crippen molar-refractivity contribution in [3.63, 3.8) is 0 Å². The van der Waals surface area contributed by atoms with Crippen LogP contribution in [0.4, 0.5) is 4.39 Å². The summed E-state index contributed by atoms with van der Waals surface area (Å²) in [4.78, 5) is 24.3. The van der Waals surface area contributed by atoms with Gasteiger partial charge in [-0.3, -0.25) is 14.9 Å².